The topological polar surface area (TPSA) is 11.4 Å². The first-order valence-electron chi connectivity index (χ1n) is 35.4. The van der Waals surface area contributed by atoms with Gasteiger partial charge in [-0.3, -0.25) is 0 Å². The van der Waals surface area contributed by atoms with E-state index in [2.05, 4.69) is 404 Å². The van der Waals surface area contributed by atoms with Gasteiger partial charge >= 0.3 is 0 Å². The third-order valence-corrected chi connectivity index (χ3v) is 21.2. The van der Waals surface area contributed by atoms with Crippen molar-refractivity contribution < 1.29 is 0 Å². The Morgan fingerprint density at radius 3 is 0.970 bits per heavy atom. The normalized spacial score (nSPS) is 12.9. The summed E-state index contributed by atoms with van der Waals surface area (Å²) >= 11 is 0. The van der Waals surface area contributed by atoms with Crippen LogP contribution in [0.25, 0.3) is 94.3 Å². The third kappa shape index (κ3) is 10.2. The molecule has 1 heterocycles. The molecular formula is C97H81N3. The minimum atomic E-state index is -0.524. The first-order chi connectivity index (χ1) is 48.5. The number of nitrogens with zero attached hydrogens (tertiary/aromatic N) is 3. The van der Waals surface area contributed by atoms with E-state index in [4.69, 9.17) is 0 Å². The summed E-state index contributed by atoms with van der Waals surface area (Å²) in [5.74, 6) is 0. The van der Waals surface area contributed by atoms with Crippen molar-refractivity contribution in [2.24, 2.45) is 0 Å². The highest BCUT2D eigenvalue weighted by Crippen LogP contribution is 2.64. The van der Waals surface area contributed by atoms with Crippen molar-refractivity contribution in [3.05, 3.63) is 367 Å². The van der Waals surface area contributed by atoms with Gasteiger partial charge in [0.25, 0.3) is 0 Å². The average Bonchev–Trinajstić information content (AvgIpc) is 1.50. The number of aromatic nitrogens is 1. The van der Waals surface area contributed by atoms with Crippen LogP contribution < -0.4 is 9.80 Å². The van der Waals surface area contributed by atoms with Crippen LogP contribution in [0.4, 0.5) is 34.1 Å². The summed E-state index contributed by atoms with van der Waals surface area (Å²) in [5.41, 5.74) is 31.7. The largest absolute Gasteiger partial charge is 0.309 e. The predicted molar refractivity (Wildman–Crippen MR) is 424 cm³/mol. The maximum atomic E-state index is 2.64. The predicted octanol–water partition coefficient (Wildman–Crippen LogP) is 26.6. The second-order valence-corrected chi connectivity index (χ2v) is 30.5. The van der Waals surface area contributed by atoms with E-state index in [1.54, 1.807) is 0 Å². The molecule has 3 nitrogen and oxygen atoms in total. The maximum Gasteiger partial charge on any atom is 0.0725 e. The first kappa shape index (κ1) is 62.0. The van der Waals surface area contributed by atoms with Gasteiger partial charge < -0.3 is 14.4 Å². The fraction of sp³-hybridized carbons (Fsp3) is 0.134. The fourth-order valence-electron chi connectivity index (χ4n) is 16.3. The van der Waals surface area contributed by atoms with Crippen molar-refractivity contribution in [2.75, 3.05) is 9.80 Å². The number of anilines is 6. The van der Waals surface area contributed by atoms with Crippen LogP contribution in [0.2, 0.25) is 0 Å². The Balaban J connectivity index is 1.02. The van der Waals surface area contributed by atoms with Crippen molar-refractivity contribution in [3.8, 4) is 72.4 Å². The van der Waals surface area contributed by atoms with Gasteiger partial charge in [-0.15, -0.1) is 0 Å². The van der Waals surface area contributed by atoms with Gasteiger partial charge in [0, 0.05) is 61.5 Å². The average molecular weight is 1290 g/mol. The van der Waals surface area contributed by atoms with Gasteiger partial charge in [0.05, 0.1) is 27.8 Å². The molecule has 0 saturated carbocycles. The molecule has 2 aliphatic rings. The summed E-state index contributed by atoms with van der Waals surface area (Å²) in [4.78, 5) is 5.26. The molecule has 0 atom stereocenters. The number of benzene rings is 14. The molecule has 100 heavy (non-hydrogen) atoms. The first-order valence-corrected chi connectivity index (χ1v) is 35.4. The molecule has 17 rings (SSSR count). The molecular weight excluding hydrogens is 1210 g/mol. The number of hydrogen-bond acceptors (Lipinski definition) is 2. The monoisotopic (exact) mass is 1290 g/mol. The summed E-state index contributed by atoms with van der Waals surface area (Å²) in [6, 6.07) is 124. The van der Waals surface area contributed by atoms with Gasteiger partial charge in [-0.05, 0) is 185 Å². The lowest BCUT2D eigenvalue weighted by molar-refractivity contribution is 0.590. The van der Waals surface area contributed by atoms with E-state index in [0.717, 1.165) is 95.4 Å². The Bertz CT molecular complexity index is 5440. The summed E-state index contributed by atoms with van der Waals surface area (Å²) in [7, 11) is 0. The lowest BCUT2D eigenvalue weighted by atomic mass is 9.70. The number of fused-ring (bicyclic) bond motifs is 13. The van der Waals surface area contributed by atoms with Gasteiger partial charge in [0.1, 0.15) is 0 Å². The molecule has 0 aliphatic heterocycles. The molecule has 14 aromatic carbocycles. The zero-order chi connectivity index (χ0) is 68.2. The van der Waals surface area contributed by atoms with E-state index in [1.165, 1.54) is 72.0 Å². The second-order valence-electron chi connectivity index (χ2n) is 30.5. The molecule has 0 radical (unpaired) electrons. The smallest absolute Gasteiger partial charge is 0.0725 e. The highest BCUT2D eigenvalue weighted by atomic mass is 15.2. The number of hydrogen-bond donors (Lipinski definition) is 0. The summed E-state index contributed by atoms with van der Waals surface area (Å²) in [6.07, 6.45) is 0. The number of para-hydroxylation sites is 2. The van der Waals surface area contributed by atoms with Gasteiger partial charge in [-0.25, -0.2) is 0 Å². The lowest BCUT2D eigenvalue weighted by Crippen LogP contribution is -2.25. The van der Waals surface area contributed by atoms with Crippen LogP contribution in [-0.4, -0.2) is 4.57 Å². The Morgan fingerprint density at radius 2 is 0.570 bits per heavy atom. The third-order valence-electron chi connectivity index (χ3n) is 21.2. The fourth-order valence-corrected chi connectivity index (χ4v) is 16.3. The van der Waals surface area contributed by atoms with E-state index >= 15 is 0 Å². The molecule has 0 fully saturated rings. The SMILES string of the molecule is CC(C)(C)c1cc(N(c2cccc(-n3c4ccccc4c4ccccc43)c2)c2c(-c3ccccc3)cc(C(C)(C)C)cc2-c2ccccc2)cc(N(c2ccc3c(c2)-c2ccccc2C32c3ccccc3-c3ccccc32)c2c(-c3ccccc3)cc(C(C)(C)C)cc2-c2ccccc2)c1. The maximum absolute atomic E-state index is 2.64. The molecule has 0 N–H and O–H groups in total. The van der Waals surface area contributed by atoms with Crippen LogP contribution in [-0.2, 0) is 21.7 Å². The van der Waals surface area contributed by atoms with Crippen molar-refractivity contribution in [2.45, 2.75) is 84.0 Å². The molecule has 0 saturated heterocycles. The van der Waals surface area contributed by atoms with Crippen LogP contribution in [0.5, 0.6) is 0 Å². The molecule has 484 valence electrons. The van der Waals surface area contributed by atoms with Gasteiger partial charge in [-0.2, -0.15) is 0 Å². The van der Waals surface area contributed by atoms with Crippen molar-refractivity contribution in [1.29, 1.82) is 0 Å². The summed E-state index contributed by atoms with van der Waals surface area (Å²) in [6.45, 7) is 21.2. The minimum absolute atomic E-state index is 0.192. The summed E-state index contributed by atoms with van der Waals surface area (Å²) in [5, 5.41) is 2.45. The standard InChI is InChI=1S/C97H81N3/c1-94(2,3)68-55-74(98(71-41-32-42-72(61-71)100-90-51-30-25-46-79(90)80-47-26-31-52-91(80)100)92-81(64-33-14-10-15-34-64)57-69(95(4,5)6)58-82(92)65-35-16-11-17-36-65)62-75(56-68)99(93-83(66-37-18-12-19-38-66)59-70(96(7,8)9)60-84(93)67-39-20-13-21-40-67)73-53-54-89-85(63-73)78-45-24-29-50-88(78)97(89)86-48-27-22-43-76(86)77-44-23-28-49-87(77)97/h10-63H,1-9H3. The van der Waals surface area contributed by atoms with E-state index in [0.29, 0.717) is 0 Å². The molecule has 1 aromatic heterocycles. The highest BCUT2D eigenvalue weighted by molar-refractivity contribution is 6.10. The molecule has 0 bridgehead atoms. The number of rotatable bonds is 11. The van der Waals surface area contributed by atoms with Crippen LogP contribution in [0.3, 0.4) is 0 Å². The van der Waals surface area contributed by atoms with Crippen molar-refractivity contribution in [3.63, 3.8) is 0 Å². The quantitative estimate of drug-likeness (QED) is 0.128. The Labute approximate surface area is 589 Å². The Morgan fingerprint density at radius 1 is 0.240 bits per heavy atom. The molecule has 3 heteroatoms. The van der Waals surface area contributed by atoms with Crippen molar-refractivity contribution in [1.82, 2.24) is 4.57 Å². The molecule has 0 unspecified atom stereocenters. The van der Waals surface area contributed by atoms with Crippen molar-refractivity contribution >= 4 is 55.9 Å². The van der Waals surface area contributed by atoms with E-state index in [1.807, 2.05) is 0 Å². The Kier molecular flexibility index (Phi) is 14.8. The second kappa shape index (κ2) is 23.9. The van der Waals surface area contributed by atoms with Crippen LogP contribution in [0.1, 0.15) is 101 Å². The minimum Gasteiger partial charge on any atom is -0.309 e. The van der Waals surface area contributed by atoms with Gasteiger partial charge in [-0.1, -0.05) is 305 Å². The van der Waals surface area contributed by atoms with Crippen LogP contribution in [0.15, 0.2) is 328 Å². The zero-order valence-electron chi connectivity index (χ0n) is 58.5. The van der Waals surface area contributed by atoms with Gasteiger partial charge in [0.15, 0.2) is 0 Å². The van der Waals surface area contributed by atoms with E-state index in [9.17, 15) is 0 Å². The van der Waals surface area contributed by atoms with Gasteiger partial charge in [0.2, 0.25) is 0 Å². The lowest BCUT2D eigenvalue weighted by Gasteiger charge is -2.36. The zero-order valence-corrected chi connectivity index (χ0v) is 58.5. The van der Waals surface area contributed by atoms with E-state index < -0.39 is 5.41 Å². The van der Waals surface area contributed by atoms with Crippen LogP contribution in [0, 0.1) is 0 Å². The molecule has 2 aliphatic carbocycles. The Hall–Kier alpha value is -11.5. The molecule has 0 amide bonds. The highest BCUT2D eigenvalue weighted by Gasteiger charge is 2.52. The summed E-state index contributed by atoms with van der Waals surface area (Å²) < 4.78 is 2.46. The van der Waals surface area contributed by atoms with Crippen LogP contribution >= 0.6 is 0 Å². The molecule has 1 spiro atoms. The van der Waals surface area contributed by atoms with E-state index in [-0.39, 0.29) is 16.2 Å². The molecule has 15 aromatic rings.